The number of hydrogen-bond donors (Lipinski definition) is 1. The number of methoxy groups -OCH3 is 2. The lowest BCUT2D eigenvalue weighted by atomic mass is 9.90. The minimum Gasteiger partial charge on any atom is -0.493 e. The lowest BCUT2D eigenvalue weighted by Gasteiger charge is -2.33. The van der Waals surface area contributed by atoms with Crippen LogP contribution in [0.1, 0.15) is 41.1 Å². The molecule has 160 valence electrons. The molecule has 0 unspecified atom stereocenters. The van der Waals surface area contributed by atoms with Crippen LogP contribution >= 0.6 is 11.3 Å². The largest absolute Gasteiger partial charge is 0.493 e. The minimum atomic E-state index is -0.358. The van der Waals surface area contributed by atoms with Crippen molar-refractivity contribution in [1.29, 1.82) is 0 Å². The molecule has 2 aromatic heterocycles. The Bertz CT molecular complexity index is 936. The van der Waals surface area contributed by atoms with Crippen molar-refractivity contribution >= 4 is 11.3 Å². The van der Waals surface area contributed by atoms with E-state index in [2.05, 4.69) is 15.0 Å². The predicted molar refractivity (Wildman–Crippen MR) is 114 cm³/mol. The molecule has 1 aliphatic rings. The van der Waals surface area contributed by atoms with Crippen LogP contribution in [0.2, 0.25) is 0 Å². The quantitative estimate of drug-likeness (QED) is 0.585. The van der Waals surface area contributed by atoms with Crippen LogP contribution in [0, 0.1) is 5.92 Å². The second-order valence-corrected chi connectivity index (χ2v) is 8.52. The molecule has 1 aromatic carbocycles. The first-order chi connectivity index (χ1) is 14.7. The van der Waals surface area contributed by atoms with E-state index in [0.29, 0.717) is 42.1 Å². The molecule has 30 heavy (non-hydrogen) atoms. The fourth-order valence-electron chi connectivity index (χ4n) is 3.91. The van der Waals surface area contributed by atoms with Gasteiger partial charge in [0, 0.05) is 11.3 Å². The molecular weight excluding hydrogens is 402 g/mol. The Morgan fingerprint density at radius 3 is 2.70 bits per heavy atom. The first kappa shape index (κ1) is 20.8. The van der Waals surface area contributed by atoms with Crippen molar-refractivity contribution in [3.63, 3.8) is 0 Å². The maximum atomic E-state index is 10.6. The zero-order valence-electron chi connectivity index (χ0n) is 17.3. The number of nitrogens with zero attached hydrogens (tertiary/aromatic N) is 3. The Labute approximate surface area is 180 Å². The second kappa shape index (κ2) is 9.59. The average molecular weight is 430 g/mol. The molecule has 7 nitrogen and oxygen atoms in total. The van der Waals surface area contributed by atoms with Gasteiger partial charge in [-0.15, -0.1) is 11.3 Å². The summed E-state index contributed by atoms with van der Waals surface area (Å²) in [5.74, 6) is 2.97. The van der Waals surface area contributed by atoms with Crippen molar-refractivity contribution in [2.75, 3.05) is 27.3 Å². The number of aliphatic hydroxyl groups is 1. The van der Waals surface area contributed by atoms with Gasteiger partial charge >= 0.3 is 0 Å². The van der Waals surface area contributed by atoms with Crippen molar-refractivity contribution in [3.05, 3.63) is 57.9 Å². The van der Waals surface area contributed by atoms with Gasteiger partial charge in [-0.05, 0) is 61.0 Å². The molecule has 1 N–H and O–H groups in total. The van der Waals surface area contributed by atoms with Crippen molar-refractivity contribution in [2.24, 2.45) is 5.92 Å². The summed E-state index contributed by atoms with van der Waals surface area (Å²) in [6.45, 7) is 2.47. The molecule has 4 rings (SSSR count). The molecule has 3 aromatic rings. The van der Waals surface area contributed by atoms with Crippen LogP contribution in [0.4, 0.5) is 0 Å². The van der Waals surface area contributed by atoms with Gasteiger partial charge in [-0.1, -0.05) is 17.3 Å². The number of benzene rings is 1. The van der Waals surface area contributed by atoms with Crippen LogP contribution < -0.4 is 9.47 Å². The average Bonchev–Trinajstić information content (AvgIpc) is 3.46. The fourth-order valence-corrected chi connectivity index (χ4v) is 4.71. The van der Waals surface area contributed by atoms with Crippen molar-refractivity contribution < 1.29 is 19.1 Å². The molecule has 0 bridgehead atoms. The summed E-state index contributed by atoms with van der Waals surface area (Å²) in [7, 11) is 3.24. The van der Waals surface area contributed by atoms with Crippen molar-refractivity contribution in [3.8, 4) is 11.5 Å². The van der Waals surface area contributed by atoms with Gasteiger partial charge in [-0.2, -0.15) is 4.98 Å². The molecule has 1 atom stereocenters. The van der Waals surface area contributed by atoms with Crippen molar-refractivity contribution in [2.45, 2.75) is 31.9 Å². The summed E-state index contributed by atoms with van der Waals surface area (Å²) < 4.78 is 16.1. The van der Waals surface area contributed by atoms with E-state index in [9.17, 15) is 5.11 Å². The van der Waals surface area contributed by atoms with E-state index in [4.69, 9.17) is 14.0 Å². The van der Waals surface area contributed by atoms with Crippen LogP contribution in [-0.4, -0.2) is 47.5 Å². The third kappa shape index (κ3) is 4.83. The number of hydrogen-bond acceptors (Lipinski definition) is 8. The SMILES string of the molecule is COc1ccc(Cc2noc(CN3CCC([C@@H](O)c4cccs4)CC3)n2)cc1OC. The smallest absolute Gasteiger partial charge is 0.240 e. The molecule has 1 fully saturated rings. The highest BCUT2D eigenvalue weighted by Crippen LogP contribution is 2.33. The van der Waals surface area contributed by atoms with Crippen LogP contribution in [0.3, 0.4) is 0 Å². The predicted octanol–water partition coefficient (Wildman–Crippen LogP) is 3.68. The Hall–Kier alpha value is -2.42. The molecule has 0 aliphatic carbocycles. The van der Waals surface area contributed by atoms with Gasteiger partial charge in [0.25, 0.3) is 0 Å². The van der Waals surface area contributed by atoms with Gasteiger partial charge in [-0.25, -0.2) is 0 Å². The van der Waals surface area contributed by atoms with Crippen LogP contribution in [0.5, 0.6) is 11.5 Å². The van der Waals surface area contributed by atoms with E-state index in [0.717, 1.165) is 36.4 Å². The first-order valence-corrected chi connectivity index (χ1v) is 11.0. The van der Waals surface area contributed by atoms with E-state index >= 15 is 0 Å². The molecule has 0 amide bonds. The van der Waals surface area contributed by atoms with E-state index in [-0.39, 0.29) is 6.10 Å². The highest BCUT2D eigenvalue weighted by Gasteiger charge is 2.27. The standard InChI is InChI=1S/C22H27N3O4S/c1-27-17-6-5-15(12-18(17)28-2)13-20-23-21(29-24-20)14-25-9-7-16(8-10-25)22(26)19-4-3-11-30-19/h3-6,11-12,16,22,26H,7-10,13-14H2,1-2H3/t22-/m1/s1. The molecule has 0 saturated carbocycles. The first-order valence-electron chi connectivity index (χ1n) is 10.1. The maximum absolute atomic E-state index is 10.6. The number of aliphatic hydroxyl groups excluding tert-OH is 1. The Balaban J connectivity index is 1.30. The third-order valence-electron chi connectivity index (χ3n) is 5.59. The van der Waals surface area contributed by atoms with E-state index in [1.54, 1.807) is 25.6 Å². The zero-order valence-corrected chi connectivity index (χ0v) is 18.1. The summed E-state index contributed by atoms with van der Waals surface area (Å²) in [5.41, 5.74) is 1.03. The second-order valence-electron chi connectivity index (χ2n) is 7.54. The molecule has 0 spiro atoms. The molecule has 8 heteroatoms. The Morgan fingerprint density at radius 2 is 2.00 bits per heavy atom. The summed E-state index contributed by atoms with van der Waals surface area (Å²) in [5, 5.41) is 16.7. The van der Waals surface area contributed by atoms with Gasteiger partial charge in [0.1, 0.15) is 0 Å². The van der Waals surface area contributed by atoms with Crippen molar-refractivity contribution in [1.82, 2.24) is 15.0 Å². The van der Waals surface area contributed by atoms with Gasteiger partial charge in [0.15, 0.2) is 17.3 Å². The normalized spacial score (nSPS) is 16.5. The molecule has 1 aliphatic heterocycles. The number of likely N-dealkylation sites (tertiary alicyclic amines) is 1. The van der Waals surface area contributed by atoms with Gasteiger partial charge in [0.05, 0.1) is 26.9 Å². The topological polar surface area (TPSA) is 80.9 Å². The molecule has 0 radical (unpaired) electrons. The fraction of sp³-hybridized carbons (Fsp3) is 0.455. The Morgan fingerprint density at radius 1 is 1.20 bits per heavy atom. The minimum absolute atomic E-state index is 0.309. The van der Waals surface area contributed by atoms with Crippen LogP contribution in [-0.2, 0) is 13.0 Å². The zero-order chi connectivity index (χ0) is 20.9. The molecular formula is C22H27N3O4S. The number of rotatable bonds is 8. The number of piperidine rings is 1. The van der Waals surface area contributed by atoms with Gasteiger partial charge in [-0.3, -0.25) is 4.90 Å². The summed E-state index contributed by atoms with van der Waals surface area (Å²) in [6.07, 6.45) is 2.14. The highest BCUT2D eigenvalue weighted by molar-refractivity contribution is 7.10. The number of aromatic nitrogens is 2. The maximum Gasteiger partial charge on any atom is 0.240 e. The van der Waals surface area contributed by atoms with E-state index in [1.165, 1.54) is 0 Å². The van der Waals surface area contributed by atoms with Crippen LogP contribution in [0.15, 0.2) is 40.2 Å². The lowest BCUT2D eigenvalue weighted by molar-refractivity contribution is 0.0560. The summed E-state index contributed by atoms with van der Waals surface area (Å²) in [6, 6.07) is 9.79. The number of thiophene rings is 1. The monoisotopic (exact) mass is 429 g/mol. The molecule has 1 saturated heterocycles. The molecule has 3 heterocycles. The number of ether oxygens (including phenoxy) is 2. The van der Waals surface area contributed by atoms with E-state index in [1.807, 2.05) is 35.7 Å². The van der Waals surface area contributed by atoms with Crippen LogP contribution in [0.25, 0.3) is 0 Å². The van der Waals surface area contributed by atoms with Gasteiger partial charge < -0.3 is 19.1 Å². The third-order valence-corrected chi connectivity index (χ3v) is 6.54. The lowest BCUT2D eigenvalue weighted by Crippen LogP contribution is -2.35. The van der Waals surface area contributed by atoms with Gasteiger partial charge in [0.2, 0.25) is 5.89 Å². The summed E-state index contributed by atoms with van der Waals surface area (Å²) in [4.78, 5) is 7.92. The van der Waals surface area contributed by atoms with E-state index < -0.39 is 0 Å². The summed E-state index contributed by atoms with van der Waals surface area (Å²) >= 11 is 1.62. The highest BCUT2D eigenvalue weighted by atomic mass is 32.1. The Kier molecular flexibility index (Phi) is 6.66.